The van der Waals surface area contributed by atoms with Crippen LogP contribution in [-0.4, -0.2) is 50.0 Å². The molecule has 7 heteroatoms. The van der Waals surface area contributed by atoms with Crippen LogP contribution in [0.4, 0.5) is 17.6 Å². The minimum atomic E-state index is -4.21. The van der Waals surface area contributed by atoms with E-state index in [1.165, 1.54) is 0 Å². The average molecular weight is 258 g/mol. The second kappa shape index (κ2) is 4.07. The van der Waals surface area contributed by atoms with Gasteiger partial charge in [-0.1, -0.05) is 6.92 Å². The summed E-state index contributed by atoms with van der Waals surface area (Å²) in [6.07, 6.45) is -1.03. The Morgan fingerprint density at radius 3 is 2.35 bits per heavy atom. The Kier molecular flexibility index (Phi) is 3.12. The molecule has 0 N–H and O–H groups in total. The third-order valence-electron chi connectivity index (χ3n) is 3.01. The van der Waals surface area contributed by atoms with Gasteiger partial charge in [0.15, 0.2) is 5.60 Å². The van der Waals surface area contributed by atoms with Crippen LogP contribution in [0.1, 0.15) is 13.3 Å². The summed E-state index contributed by atoms with van der Waals surface area (Å²) < 4.78 is 67.8. The molecule has 0 spiro atoms. The number of hydrogen-bond donors (Lipinski definition) is 0. The second-order valence-electron chi connectivity index (χ2n) is 4.39. The Morgan fingerprint density at radius 1 is 1.35 bits per heavy atom. The van der Waals surface area contributed by atoms with E-state index in [1.54, 1.807) is 0 Å². The Labute approximate surface area is 96.0 Å². The molecule has 2 saturated heterocycles. The molecule has 0 aliphatic carbocycles. The highest BCUT2D eigenvalue weighted by atomic mass is 19.3. The van der Waals surface area contributed by atoms with Crippen LogP contribution in [0.15, 0.2) is 0 Å². The Bertz CT molecular complexity index is 287. The first-order valence-electron chi connectivity index (χ1n) is 5.43. The van der Waals surface area contributed by atoms with Crippen LogP contribution >= 0.6 is 0 Å². The van der Waals surface area contributed by atoms with E-state index in [2.05, 4.69) is 4.74 Å². The van der Waals surface area contributed by atoms with Crippen molar-refractivity contribution in [2.75, 3.05) is 26.4 Å². The lowest BCUT2D eigenvalue weighted by atomic mass is 9.95. The lowest BCUT2D eigenvalue weighted by Gasteiger charge is -2.30. The topological polar surface area (TPSA) is 34.3 Å². The van der Waals surface area contributed by atoms with Crippen LogP contribution in [0.5, 0.6) is 0 Å². The van der Waals surface area contributed by atoms with Gasteiger partial charge in [0.05, 0.1) is 26.4 Å². The molecule has 0 aromatic carbocycles. The zero-order valence-corrected chi connectivity index (χ0v) is 9.35. The smallest absolute Gasteiger partial charge is 0.342 e. The van der Waals surface area contributed by atoms with E-state index < -0.39 is 37.1 Å². The molecule has 17 heavy (non-hydrogen) atoms. The molecule has 0 saturated carbocycles. The molecule has 3 nitrogen and oxygen atoms in total. The lowest BCUT2D eigenvalue weighted by molar-refractivity contribution is -0.249. The Balaban J connectivity index is 1.93. The fourth-order valence-electron chi connectivity index (χ4n) is 1.52. The van der Waals surface area contributed by atoms with Gasteiger partial charge in [-0.15, -0.1) is 0 Å². The number of rotatable bonds is 7. The summed E-state index contributed by atoms with van der Waals surface area (Å²) in [5.74, 6) is -8.29. The fraction of sp³-hybridized carbons (Fsp3) is 1.00. The maximum absolute atomic E-state index is 13.6. The first-order chi connectivity index (χ1) is 7.85. The highest BCUT2D eigenvalue weighted by Crippen LogP contribution is 2.52. The van der Waals surface area contributed by atoms with Crippen molar-refractivity contribution in [3.8, 4) is 0 Å². The van der Waals surface area contributed by atoms with Crippen LogP contribution in [0, 0.1) is 0 Å². The van der Waals surface area contributed by atoms with Gasteiger partial charge in [0.25, 0.3) is 0 Å². The van der Waals surface area contributed by atoms with Crippen LogP contribution in [-0.2, 0) is 14.2 Å². The maximum Gasteiger partial charge on any atom is 0.342 e. The molecule has 2 aliphatic heterocycles. The van der Waals surface area contributed by atoms with Crippen molar-refractivity contribution in [3.05, 3.63) is 0 Å². The lowest BCUT2D eigenvalue weighted by Crippen LogP contribution is -2.54. The van der Waals surface area contributed by atoms with Gasteiger partial charge < -0.3 is 14.2 Å². The summed E-state index contributed by atoms with van der Waals surface area (Å²) in [4.78, 5) is 0. The Hall–Kier alpha value is -0.400. The summed E-state index contributed by atoms with van der Waals surface area (Å²) in [6.45, 7) is 0.744. The molecule has 2 heterocycles. The summed E-state index contributed by atoms with van der Waals surface area (Å²) in [5.41, 5.74) is -2.17. The third kappa shape index (κ3) is 2.28. The van der Waals surface area contributed by atoms with Gasteiger partial charge in [-0.3, -0.25) is 0 Å². The van der Waals surface area contributed by atoms with Crippen molar-refractivity contribution >= 4 is 0 Å². The van der Waals surface area contributed by atoms with Crippen molar-refractivity contribution in [1.29, 1.82) is 0 Å². The molecule has 0 bridgehead atoms. The summed E-state index contributed by atoms with van der Waals surface area (Å²) in [5, 5.41) is 0. The van der Waals surface area contributed by atoms with Gasteiger partial charge in [0, 0.05) is 6.42 Å². The normalized spacial score (nSPS) is 32.6. The molecule has 2 unspecified atom stereocenters. The zero-order valence-electron chi connectivity index (χ0n) is 9.35. The fourth-order valence-corrected chi connectivity index (χ4v) is 1.52. The quantitative estimate of drug-likeness (QED) is 0.516. The van der Waals surface area contributed by atoms with Gasteiger partial charge in [-0.25, -0.2) is 0 Å². The predicted octanol–water partition coefficient (Wildman–Crippen LogP) is 1.85. The predicted molar refractivity (Wildman–Crippen MR) is 49.4 cm³/mol. The van der Waals surface area contributed by atoms with Crippen molar-refractivity contribution in [2.45, 2.75) is 36.9 Å². The van der Waals surface area contributed by atoms with Gasteiger partial charge in [0.2, 0.25) is 0 Å². The summed E-state index contributed by atoms with van der Waals surface area (Å²) in [6, 6.07) is 0. The number of epoxide rings is 2. The van der Waals surface area contributed by atoms with Crippen molar-refractivity contribution in [2.24, 2.45) is 0 Å². The number of halogens is 4. The number of hydrogen-bond acceptors (Lipinski definition) is 3. The van der Waals surface area contributed by atoms with E-state index in [1.807, 2.05) is 0 Å². The van der Waals surface area contributed by atoms with Gasteiger partial charge in [-0.2, -0.15) is 17.6 Å². The molecule has 2 fully saturated rings. The standard InChI is InChI=1S/C10H14F4O3/c1-2-9(11,12)10(13,14)8(6-17-8)5-15-3-7-4-16-7/h7H,2-6H2,1H3. The van der Waals surface area contributed by atoms with E-state index >= 15 is 0 Å². The van der Waals surface area contributed by atoms with E-state index in [9.17, 15) is 17.6 Å². The van der Waals surface area contributed by atoms with Crippen LogP contribution in [0.25, 0.3) is 0 Å². The van der Waals surface area contributed by atoms with E-state index in [-0.39, 0.29) is 12.7 Å². The molecular formula is C10H14F4O3. The van der Waals surface area contributed by atoms with Crippen molar-refractivity contribution < 1.29 is 31.8 Å². The second-order valence-corrected chi connectivity index (χ2v) is 4.39. The molecule has 2 atom stereocenters. The Morgan fingerprint density at radius 2 is 1.94 bits per heavy atom. The van der Waals surface area contributed by atoms with Crippen LogP contribution in [0.3, 0.4) is 0 Å². The summed E-state index contributed by atoms with van der Waals surface area (Å²) in [7, 11) is 0. The number of ether oxygens (including phenoxy) is 3. The van der Waals surface area contributed by atoms with E-state index in [4.69, 9.17) is 9.47 Å². The van der Waals surface area contributed by atoms with Gasteiger partial charge in [0.1, 0.15) is 6.10 Å². The van der Waals surface area contributed by atoms with E-state index in [0.717, 1.165) is 6.92 Å². The SMILES string of the molecule is CCC(F)(F)C(F)(F)C1(COCC2CO2)CO1. The first kappa shape index (κ1) is 13.0. The minimum Gasteiger partial charge on any atom is -0.375 e. The van der Waals surface area contributed by atoms with Crippen molar-refractivity contribution in [3.63, 3.8) is 0 Å². The van der Waals surface area contributed by atoms with Crippen LogP contribution in [0.2, 0.25) is 0 Å². The molecule has 0 amide bonds. The molecule has 2 aliphatic rings. The maximum atomic E-state index is 13.6. The summed E-state index contributed by atoms with van der Waals surface area (Å²) >= 11 is 0. The molecule has 100 valence electrons. The van der Waals surface area contributed by atoms with Crippen molar-refractivity contribution in [1.82, 2.24) is 0 Å². The molecule has 2 rings (SSSR count). The van der Waals surface area contributed by atoms with Gasteiger partial charge >= 0.3 is 11.8 Å². The highest BCUT2D eigenvalue weighted by molar-refractivity contribution is 5.10. The molecular weight excluding hydrogens is 244 g/mol. The van der Waals surface area contributed by atoms with E-state index in [0.29, 0.717) is 6.61 Å². The zero-order chi connectivity index (χ0) is 12.7. The average Bonchev–Trinajstić information content (AvgIpc) is 3.11. The molecule has 0 radical (unpaired) electrons. The largest absolute Gasteiger partial charge is 0.375 e. The molecule has 0 aromatic rings. The highest BCUT2D eigenvalue weighted by Gasteiger charge is 2.75. The monoisotopic (exact) mass is 258 g/mol. The minimum absolute atomic E-state index is 0.0916. The van der Waals surface area contributed by atoms with Gasteiger partial charge in [-0.05, 0) is 0 Å². The van der Waals surface area contributed by atoms with Crippen LogP contribution < -0.4 is 0 Å². The first-order valence-corrected chi connectivity index (χ1v) is 5.43. The number of alkyl halides is 4. The molecule has 0 aromatic heterocycles. The third-order valence-corrected chi connectivity index (χ3v) is 3.01.